The van der Waals surface area contributed by atoms with Crippen molar-refractivity contribution in [3.8, 4) is 0 Å². The molecule has 0 aliphatic carbocycles. The Morgan fingerprint density at radius 1 is 1.24 bits per heavy atom. The van der Waals surface area contributed by atoms with Crippen LogP contribution in [0.4, 0.5) is 11.4 Å². The summed E-state index contributed by atoms with van der Waals surface area (Å²) in [5.74, 6) is 0.459. The summed E-state index contributed by atoms with van der Waals surface area (Å²) in [5.41, 5.74) is 21.7. The summed E-state index contributed by atoms with van der Waals surface area (Å²) in [4.78, 5) is 0.739. The molecule has 2 aromatic carbocycles. The number of thiol groups is 1. The van der Waals surface area contributed by atoms with Gasteiger partial charge >= 0.3 is 0 Å². The second-order valence-corrected chi connectivity index (χ2v) is 7.11. The summed E-state index contributed by atoms with van der Waals surface area (Å²) in [5, 5.41) is 7.84. The van der Waals surface area contributed by atoms with Crippen LogP contribution in [0.3, 0.4) is 0 Å². The molecule has 162 valence electrons. The average Bonchev–Trinajstić information content (AvgIpc) is 2.71. The summed E-state index contributed by atoms with van der Waals surface area (Å²) >= 11 is 10.4. The Hall–Kier alpha value is -1.73. The van der Waals surface area contributed by atoms with Crippen LogP contribution in [-0.4, -0.2) is 19.8 Å². The van der Waals surface area contributed by atoms with Gasteiger partial charge in [-0.3, -0.25) is 0 Å². The quantitative estimate of drug-likeness (QED) is 0.146. The first-order valence-corrected chi connectivity index (χ1v) is 10.7. The van der Waals surface area contributed by atoms with Gasteiger partial charge in [-0.1, -0.05) is 38.4 Å². The molecular weight excluding hydrogens is 402 g/mol. The van der Waals surface area contributed by atoms with Gasteiger partial charge in [-0.05, 0) is 67.6 Å². The number of anilines is 2. The third-order valence-corrected chi connectivity index (χ3v) is 4.90. The van der Waals surface area contributed by atoms with Crippen molar-refractivity contribution in [2.45, 2.75) is 51.3 Å². The van der Waals surface area contributed by atoms with E-state index >= 15 is 0 Å². The minimum Gasteiger partial charge on any atom is -0.397 e. The standard InChI is InChI=1S/C12H20ClN3.C8H10N2S.C2H6/c1-3-9(6-7-14)11-5-4-10(16-15-2)8-12(11)13;1-5-2-6(4-9)8(10)7(11)3-5;1-2/h4-5,8-9,15-16H,3,6-7,14H2,1-2H3;2-4,9,11H,10H2,1H3;1-2H3. The summed E-state index contributed by atoms with van der Waals surface area (Å²) in [6.07, 6.45) is 3.28. The van der Waals surface area contributed by atoms with E-state index in [-0.39, 0.29) is 0 Å². The van der Waals surface area contributed by atoms with E-state index < -0.39 is 0 Å². The maximum absolute atomic E-state index is 7.04. The van der Waals surface area contributed by atoms with Gasteiger partial charge in [-0.25, -0.2) is 5.43 Å². The number of nitrogens with one attached hydrogen (secondary N) is 3. The predicted molar refractivity (Wildman–Crippen MR) is 133 cm³/mol. The molecule has 29 heavy (non-hydrogen) atoms. The number of hydrazine groups is 1. The molecule has 0 heterocycles. The third-order valence-electron chi connectivity index (χ3n) is 4.21. The lowest BCUT2D eigenvalue weighted by atomic mass is 9.93. The molecule has 1 atom stereocenters. The molecule has 0 aliphatic heterocycles. The number of hydrogen-bond donors (Lipinski definition) is 6. The van der Waals surface area contributed by atoms with E-state index in [1.165, 1.54) is 11.8 Å². The topological polar surface area (TPSA) is 99.9 Å². The van der Waals surface area contributed by atoms with Gasteiger partial charge in [0.1, 0.15) is 0 Å². The van der Waals surface area contributed by atoms with Crippen molar-refractivity contribution in [3.05, 3.63) is 52.0 Å². The van der Waals surface area contributed by atoms with Gasteiger partial charge in [-0.2, -0.15) is 0 Å². The van der Waals surface area contributed by atoms with Crippen molar-refractivity contribution in [3.63, 3.8) is 0 Å². The first kappa shape index (κ1) is 27.3. The minimum atomic E-state index is 0.459. The molecule has 2 rings (SSSR count). The van der Waals surface area contributed by atoms with Crippen LogP contribution in [0, 0.1) is 12.3 Å². The van der Waals surface area contributed by atoms with Gasteiger partial charge in [0.25, 0.3) is 0 Å². The fourth-order valence-electron chi connectivity index (χ4n) is 2.79. The van der Waals surface area contributed by atoms with E-state index in [1.54, 1.807) is 0 Å². The molecule has 0 aliphatic rings. The Morgan fingerprint density at radius 2 is 1.90 bits per heavy atom. The van der Waals surface area contributed by atoms with E-state index in [0.29, 0.717) is 18.2 Å². The molecule has 0 bridgehead atoms. The molecule has 5 nitrogen and oxygen atoms in total. The number of rotatable bonds is 7. The van der Waals surface area contributed by atoms with Gasteiger partial charge in [0.2, 0.25) is 0 Å². The first-order valence-electron chi connectivity index (χ1n) is 9.89. The number of nitrogen functional groups attached to an aromatic ring is 1. The van der Waals surface area contributed by atoms with Crippen LogP contribution in [0.1, 0.15) is 56.2 Å². The van der Waals surface area contributed by atoms with Crippen molar-refractivity contribution in [1.82, 2.24) is 5.43 Å². The van der Waals surface area contributed by atoms with Gasteiger partial charge in [-0.15, -0.1) is 12.6 Å². The molecule has 1 unspecified atom stereocenters. The summed E-state index contributed by atoms with van der Waals surface area (Å²) in [7, 11) is 1.82. The van der Waals surface area contributed by atoms with Crippen LogP contribution >= 0.6 is 24.2 Å². The molecule has 0 radical (unpaired) electrons. The summed E-state index contributed by atoms with van der Waals surface area (Å²) in [6, 6.07) is 9.78. The second-order valence-electron chi connectivity index (χ2n) is 6.23. The highest BCUT2D eigenvalue weighted by Crippen LogP contribution is 2.31. The zero-order valence-electron chi connectivity index (χ0n) is 18.1. The number of nitrogens with two attached hydrogens (primary N) is 2. The average molecular weight is 438 g/mol. The lowest BCUT2D eigenvalue weighted by Crippen LogP contribution is -2.15. The molecular formula is C22H36ClN5S. The van der Waals surface area contributed by atoms with Crippen LogP contribution in [-0.2, 0) is 0 Å². The molecule has 7 N–H and O–H groups in total. The number of hydrogen-bond acceptors (Lipinski definition) is 6. The largest absolute Gasteiger partial charge is 0.397 e. The molecule has 0 saturated carbocycles. The fourth-order valence-corrected chi connectivity index (χ4v) is 3.45. The van der Waals surface area contributed by atoms with Gasteiger partial charge < -0.3 is 22.3 Å². The van der Waals surface area contributed by atoms with Crippen molar-refractivity contribution in [2.75, 3.05) is 24.8 Å². The molecule has 0 aromatic heterocycles. The molecule has 7 heteroatoms. The lowest BCUT2D eigenvalue weighted by Gasteiger charge is -2.17. The zero-order chi connectivity index (χ0) is 22.4. The highest BCUT2D eigenvalue weighted by Gasteiger charge is 2.12. The first-order chi connectivity index (χ1) is 13.9. The van der Waals surface area contributed by atoms with Gasteiger partial charge in [0.05, 0.1) is 11.4 Å². The van der Waals surface area contributed by atoms with Gasteiger partial charge in [0, 0.05) is 28.7 Å². The number of aryl methyl sites for hydroxylation is 1. The highest BCUT2D eigenvalue weighted by atomic mass is 35.5. The molecule has 0 fully saturated rings. The Labute approximate surface area is 186 Å². The number of benzene rings is 2. The van der Waals surface area contributed by atoms with E-state index in [9.17, 15) is 0 Å². The third kappa shape index (κ3) is 9.09. The molecule has 0 saturated heterocycles. The monoisotopic (exact) mass is 437 g/mol. The van der Waals surface area contributed by atoms with E-state index in [1.807, 2.05) is 52.1 Å². The van der Waals surface area contributed by atoms with Crippen molar-refractivity contribution in [1.29, 1.82) is 5.41 Å². The van der Waals surface area contributed by atoms with Gasteiger partial charge in [0.15, 0.2) is 0 Å². The summed E-state index contributed by atoms with van der Waals surface area (Å²) < 4.78 is 0. The molecule has 2 aromatic rings. The maximum Gasteiger partial charge on any atom is 0.0538 e. The minimum absolute atomic E-state index is 0.459. The Kier molecular flexibility index (Phi) is 14.3. The fraction of sp³-hybridized carbons (Fsp3) is 0.409. The Morgan fingerprint density at radius 3 is 2.38 bits per heavy atom. The van der Waals surface area contributed by atoms with Crippen molar-refractivity contribution >= 4 is 41.8 Å². The summed E-state index contributed by atoms with van der Waals surface area (Å²) in [6.45, 7) is 8.81. The van der Waals surface area contributed by atoms with E-state index in [4.69, 9.17) is 28.5 Å². The smallest absolute Gasteiger partial charge is 0.0538 e. The Balaban J connectivity index is 0.000000526. The zero-order valence-corrected chi connectivity index (χ0v) is 19.8. The SMILES string of the molecule is CC.CCC(CCN)c1ccc(NNC)cc1Cl.Cc1cc(S)c(N)c(C=N)c1. The second kappa shape index (κ2) is 15.2. The van der Waals surface area contributed by atoms with Crippen LogP contribution in [0.15, 0.2) is 35.2 Å². The van der Waals surface area contributed by atoms with Crippen molar-refractivity contribution in [2.24, 2.45) is 5.73 Å². The highest BCUT2D eigenvalue weighted by molar-refractivity contribution is 7.80. The van der Waals surface area contributed by atoms with Crippen LogP contribution in [0.5, 0.6) is 0 Å². The van der Waals surface area contributed by atoms with Crippen LogP contribution in [0.25, 0.3) is 0 Å². The van der Waals surface area contributed by atoms with E-state index in [2.05, 4.69) is 36.5 Å². The Bertz CT molecular complexity index is 752. The lowest BCUT2D eigenvalue weighted by molar-refractivity contribution is 0.614. The normalized spacial score (nSPS) is 10.8. The maximum atomic E-state index is 7.04. The molecule has 0 amide bonds. The van der Waals surface area contributed by atoms with Crippen LogP contribution in [0.2, 0.25) is 5.02 Å². The molecule has 0 spiro atoms. The van der Waals surface area contributed by atoms with Crippen molar-refractivity contribution < 1.29 is 0 Å². The number of halogens is 1. The predicted octanol–water partition coefficient (Wildman–Crippen LogP) is 5.62. The van der Waals surface area contributed by atoms with E-state index in [0.717, 1.165) is 39.6 Å². The van der Waals surface area contributed by atoms with Crippen LogP contribution < -0.4 is 22.3 Å².